The molecular formula is C18H34N6O5. The average molecular weight is 415 g/mol. The number of carbonyl (C=O) groups excluding carboxylic acids is 5. The van der Waals surface area contributed by atoms with Gasteiger partial charge in [0.15, 0.2) is 0 Å². The van der Waals surface area contributed by atoms with Gasteiger partial charge >= 0.3 is 0 Å². The minimum absolute atomic E-state index is 0.154. The molecule has 0 aromatic heterocycles. The predicted octanol–water partition coefficient (Wildman–Crippen LogP) is -2.35. The highest BCUT2D eigenvalue weighted by molar-refractivity contribution is 5.91. The Balaban J connectivity index is 4.58. The summed E-state index contributed by atoms with van der Waals surface area (Å²) < 4.78 is 0. The maximum atomic E-state index is 12.3. The molecule has 0 spiro atoms. The Morgan fingerprint density at radius 1 is 0.586 bits per heavy atom. The number of amides is 5. The molecular weight excluding hydrogens is 380 g/mol. The van der Waals surface area contributed by atoms with Crippen molar-refractivity contribution >= 4 is 29.5 Å². The first-order chi connectivity index (χ1) is 13.3. The topological polar surface area (TPSA) is 128 Å². The van der Waals surface area contributed by atoms with Crippen LogP contribution in [0.1, 0.15) is 13.8 Å². The molecule has 0 radical (unpaired) electrons. The van der Waals surface area contributed by atoms with Crippen LogP contribution in [0.5, 0.6) is 0 Å². The van der Waals surface area contributed by atoms with Crippen molar-refractivity contribution in [3.63, 3.8) is 0 Å². The summed E-state index contributed by atoms with van der Waals surface area (Å²) in [6.45, 7) is 3.23. The van der Waals surface area contributed by atoms with Gasteiger partial charge in [0, 0.05) is 34.2 Å². The number of nitrogens with two attached hydrogens (primary N) is 1. The van der Waals surface area contributed by atoms with Gasteiger partial charge in [-0.2, -0.15) is 0 Å². The van der Waals surface area contributed by atoms with Gasteiger partial charge in [0.25, 0.3) is 0 Å². The Hall–Kier alpha value is -2.69. The molecule has 0 aromatic rings. The summed E-state index contributed by atoms with van der Waals surface area (Å²) in [4.78, 5) is 66.2. The summed E-state index contributed by atoms with van der Waals surface area (Å²) in [5.41, 5.74) is 5.03. The number of hydrogen-bond acceptors (Lipinski definition) is 6. The normalized spacial score (nSPS) is 10.7. The molecule has 0 aliphatic carbocycles. The number of likely N-dealkylation sites (N-methyl/N-ethyl adjacent to an activating group) is 5. The fourth-order valence-corrected chi connectivity index (χ4v) is 2.07. The van der Waals surface area contributed by atoms with Crippen LogP contribution in [0.15, 0.2) is 0 Å². The van der Waals surface area contributed by atoms with Crippen molar-refractivity contribution in [2.24, 2.45) is 5.73 Å². The maximum Gasteiger partial charge on any atom is 0.242 e. The zero-order valence-corrected chi connectivity index (χ0v) is 18.5. The zero-order chi connectivity index (χ0) is 22.9. The molecule has 0 aliphatic rings. The van der Waals surface area contributed by atoms with Crippen molar-refractivity contribution < 1.29 is 24.0 Å². The summed E-state index contributed by atoms with van der Waals surface area (Å²) in [7, 11) is 7.64. The van der Waals surface area contributed by atoms with Crippen molar-refractivity contribution in [1.29, 1.82) is 0 Å². The summed E-state index contributed by atoms with van der Waals surface area (Å²) >= 11 is 0. The summed E-state index contributed by atoms with van der Waals surface area (Å²) in [5, 5.41) is 0. The van der Waals surface area contributed by atoms with Crippen LogP contribution in [-0.4, -0.2) is 128 Å². The lowest BCUT2D eigenvalue weighted by molar-refractivity contribution is -0.144. The van der Waals surface area contributed by atoms with E-state index in [0.29, 0.717) is 0 Å². The molecule has 0 atom stereocenters. The first kappa shape index (κ1) is 26.3. The molecule has 0 fully saturated rings. The van der Waals surface area contributed by atoms with Crippen LogP contribution in [0.3, 0.4) is 0 Å². The summed E-state index contributed by atoms with van der Waals surface area (Å²) in [5.74, 6) is -2.15. The van der Waals surface area contributed by atoms with E-state index >= 15 is 0 Å². The molecule has 0 saturated carbocycles. The van der Waals surface area contributed by atoms with E-state index in [1.54, 1.807) is 0 Å². The van der Waals surface area contributed by atoms with Crippen molar-refractivity contribution in [3.8, 4) is 0 Å². The Kier molecular flexibility index (Phi) is 10.9. The highest BCUT2D eigenvalue weighted by Crippen LogP contribution is 1.98. The fourth-order valence-electron chi connectivity index (χ4n) is 2.07. The van der Waals surface area contributed by atoms with Gasteiger partial charge in [0.1, 0.15) is 0 Å². The van der Waals surface area contributed by atoms with E-state index < -0.39 is 23.6 Å². The minimum Gasteiger partial charge on any atom is -0.368 e. The monoisotopic (exact) mass is 414 g/mol. The van der Waals surface area contributed by atoms with E-state index in [-0.39, 0.29) is 44.7 Å². The second-order valence-electron chi connectivity index (χ2n) is 7.47. The molecule has 11 heteroatoms. The van der Waals surface area contributed by atoms with Crippen LogP contribution in [0.25, 0.3) is 0 Å². The van der Waals surface area contributed by atoms with E-state index in [2.05, 4.69) is 0 Å². The predicted molar refractivity (Wildman–Crippen MR) is 108 cm³/mol. The Morgan fingerprint density at radius 3 is 1.14 bits per heavy atom. The number of rotatable bonds is 11. The second kappa shape index (κ2) is 12.0. The van der Waals surface area contributed by atoms with Gasteiger partial charge < -0.3 is 25.3 Å². The summed E-state index contributed by atoms with van der Waals surface area (Å²) in [6.07, 6.45) is 0. The smallest absolute Gasteiger partial charge is 0.242 e. The van der Waals surface area contributed by atoms with Gasteiger partial charge in [-0.3, -0.25) is 28.9 Å². The van der Waals surface area contributed by atoms with Crippen LogP contribution in [0, 0.1) is 0 Å². The van der Waals surface area contributed by atoms with Crippen molar-refractivity contribution in [2.45, 2.75) is 19.9 Å². The van der Waals surface area contributed by atoms with E-state index in [1.807, 2.05) is 25.8 Å². The minimum atomic E-state index is -0.654. The molecule has 0 saturated heterocycles. The van der Waals surface area contributed by atoms with Gasteiger partial charge in [-0.15, -0.1) is 0 Å². The number of hydrogen-bond donors (Lipinski definition) is 1. The highest BCUT2D eigenvalue weighted by Gasteiger charge is 2.22. The van der Waals surface area contributed by atoms with Gasteiger partial charge in [-0.25, -0.2) is 0 Å². The molecule has 5 amide bonds. The SMILES string of the molecule is CC(C)N(C)CC(=O)N(C)CC(=O)N(C)CC(=O)N(C)CC(=O)N(C)CC(N)=O. The lowest BCUT2D eigenvalue weighted by atomic mass is 10.3. The van der Waals surface area contributed by atoms with Gasteiger partial charge in [0.2, 0.25) is 29.5 Å². The number of carbonyl (C=O) groups is 5. The first-order valence-corrected chi connectivity index (χ1v) is 9.20. The maximum absolute atomic E-state index is 12.3. The largest absolute Gasteiger partial charge is 0.368 e. The van der Waals surface area contributed by atoms with Crippen LogP contribution in [-0.2, 0) is 24.0 Å². The third-order valence-electron chi connectivity index (χ3n) is 4.48. The lowest BCUT2D eigenvalue weighted by Crippen LogP contribution is -2.48. The second-order valence-corrected chi connectivity index (χ2v) is 7.47. The third-order valence-corrected chi connectivity index (χ3v) is 4.48. The molecule has 0 aliphatic heterocycles. The molecule has 11 nitrogen and oxygen atoms in total. The fraction of sp³-hybridized carbons (Fsp3) is 0.722. The Bertz CT molecular complexity index is 624. The van der Waals surface area contributed by atoms with Crippen LogP contribution in [0.2, 0.25) is 0 Å². The molecule has 29 heavy (non-hydrogen) atoms. The molecule has 0 rings (SSSR count). The van der Waals surface area contributed by atoms with Gasteiger partial charge in [-0.05, 0) is 20.9 Å². The van der Waals surface area contributed by atoms with Crippen LogP contribution >= 0.6 is 0 Å². The van der Waals surface area contributed by atoms with E-state index in [9.17, 15) is 24.0 Å². The van der Waals surface area contributed by atoms with E-state index in [4.69, 9.17) is 5.73 Å². The van der Waals surface area contributed by atoms with E-state index in [0.717, 1.165) is 9.80 Å². The number of primary amides is 1. The zero-order valence-electron chi connectivity index (χ0n) is 18.5. The van der Waals surface area contributed by atoms with Gasteiger partial charge in [0.05, 0.1) is 32.7 Å². The van der Waals surface area contributed by atoms with Crippen molar-refractivity contribution in [3.05, 3.63) is 0 Å². The molecule has 2 N–H and O–H groups in total. The Morgan fingerprint density at radius 2 is 0.862 bits per heavy atom. The van der Waals surface area contributed by atoms with Crippen molar-refractivity contribution in [1.82, 2.24) is 24.5 Å². The highest BCUT2D eigenvalue weighted by atomic mass is 16.2. The third kappa shape index (κ3) is 9.88. The molecule has 166 valence electrons. The molecule has 0 heterocycles. The van der Waals surface area contributed by atoms with Crippen molar-refractivity contribution in [2.75, 3.05) is 68.0 Å². The summed E-state index contributed by atoms with van der Waals surface area (Å²) in [6, 6.07) is 0.198. The number of nitrogens with zero attached hydrogens (tertiary/aromatic N) is 5. The van der Waals surface area contributed by atoms with Crippen LogP contribution < -0.4 is 5.73 Å². The van der Waals surface area contributed by atoms with Gasteiger partial charge in [-0.1, -0.05) is 0 Å². The lowest BCUT2D eigenvalue weighted by Gasteiger charge is -2.26. The quantitative estimate of drug-likeness (QED) is 0.403. The molecule has 0 aromatic carbocycles. The van der Waals surface area contributed by atoms with E-state index in [1.165, 1.54) is 38.0 Å². The average Bonchev–Trinajstić information content (AvgIpc) is 2.60. The Labute approximate surface area is 172 Å². The first-order valence-electron chi connectivity index (χ1n) is 9.20. The van der Waals surface area contributed by atoms with Crippen LogP contribution in [0.4, 0.5) is 0 Å². The molecule has 0 unspecified atom stereocenters. The molecule has 0 bridgehead atoms. The standard InChI is InChI=1S/C18H34N6O5/c1-13(2)20(3)9-15(26)22(5)11-17(28)24(7)12-18(29)23(6)10-16(27)21(4)8-14(19)25/h13H,8-12H2,1-7H3,(H2,19,25).